The van der Waals surface area contributed by atoms with Crippen LogP contribution in [-0.2, 0) is 9.36 Å². The van der Waals surface area contributed by atoms with Crippen LogP contribution in [0.15, 0.2) is 0 Å². The van der Waals surface area contributed by atoms with Crippen LogP contribution in [0.4, 0.5) is 0 Å². The summed E-state index contributed by atoms with van der Waals surface area (Å²) in [6.45, 7) is 1.73. The van der Waals surface area contributed by atoms with E-state index in [1.54, 1.807) is 6.92 Å². The van der Waals surface area contributed by atoms with Crippen molar-refractivity contribution in [3.63, 3.8) is 0 Å². The number of hydrogen-bond acceptors (Lipinski definition) is 3. The maximum atomic E-state index is 10.9. The van der Waals surface area contributed by atoms with E-state index in [1.165, 1.54) is 0 Å². The monoisotopic (exact) mass is 267 g/mol. The molecule has 0 rings (SSSR count). The van der Waals surface area contributed by atoms with Crippen molar-refractivity contribution in [1.29, 1.82) is 0 Å². The number of carboxylic acid groups (broad SMARTS) is 1. The lowest BCUT2D eigenvalue weighted by molar-refractivity contribution is -0.137. The number of unbranched alkanes of at least 4 members (excludes halogenated alkanes) is 2. The van der Waals surface area contributed by atoms with Crippen molar-refractivity contribution in [3.05, 3.63) is 0 Å². The van der Waals surface area contributed by atoms with Crippen molar-refractivity contribution < 1.29 is 24.3 Å². The minimum Gasteiger partial charge on any atom is -0.481 e. The van der Waals surface area contributed by atoms with Gasteiger partial charge in [0.1, 0.15) is 0 Å². The first-order chi connectivity index (χ1) is 7.72. The summed E-state index contributed by atoms with van der Waals surface area (Å²) in [5.74, 6) is -1.02. The molecule has 0 aliphatic carbocycles. The number of rotatable bonds is 9. The summed E-state index contributed by atoms with van der Waals surface area (Å²) in [4.78, 5) is 28.0. The van der Waals surface area contributed by atoms with E-state index in [0.717, 1.165) is 12.8 Å². The van der Waals surface area contributed by atoms with Crippen molar-refractivity contribution in [2.45, 2.75) is 45.1 Å². The average molecular weight is 267 g/mol. The lowest BCUT2D eigenvalue weighted by atomic mass is 9.96. The zero-order valence-corrected chi connectivity index (χ0v) is 11.0. The third-order valence-corrected chi connectivity index (χ3v) is 3.63. The molecule has 7 heteroatoms. The second kappa shape index (κ2) is 7.82. The first-order valence-electron chi connectivity index (χ1n) is 5.74. The minimum absolute atomic E-state index is 0.140. The van der Waals surface area contributed by atoms with Gasteiger partial charge in [0.15, 0.2) is 0 Å². The van der Waals surface area contributed by atoms with Gasteiger partial charge in [0.05, 0.1) is 6.16 Å². The van der Waals surface area contributed by atoms with Gasteiger partial charge >= 0.3 is 13.6 Å². The van der Waals surface area contributed by atoms with Gasteiger partial charge in [-0.05, 0) is 25.7 Å². The molecule has 0 radical (unpaired) electrons. The van der Waals surface area contributed by atoms with Crippen LogP contribution in [0.25, 0.3) is 0 Å². The van der Waals surface area contributed by atoms with Gasteiger partial charge in [0.25, 0.3) is 0 Å². The summed E-state index contributed by atoms with van der Waals surface area (Å²) in [6, 6.07) is -0.262. The molecule has 6 nitrogen and oxygen atoms in total. The van der Waals surface area contributed by atoms with E-state index in [-0.39, 0.29) is 24.5 Å². The van der Waals surface area contributed by atoms with Crippen molar-refractivity contribution in [2.75, 3.05) is 6.16 Å². The van der Waals surface area contributed by atoms with Gasteiger partial charge in [-0.2, -0.15) is 0 Å². The Labute approximate surface area is 101 Å². The van der Waals surface area contributed by atoms with Crippen LogP contribution < -0.4 is 5.73 Å². The minimum atomic E-state index is -4.02. The van der Waals surface area contributed by atoms with Crippen LogP contribution in [0.1, 0.15) is 39.0 Å². The zero-order chi connectivity index (χ0) is 13.5. The fourth-order valence-corrected chi connectivity index (χ4v) is 2.81. The molecule has 102 valence electrons. The fourth-order valence-electron chi connectivity index (χ4n) is 1.69. The Morgan fingerprint density at radius 1 is 1.29 bits per heavy atom. The molecule has 2 unspecified atom stereocenters. The van der Waals surface area contributed by atoms with E-state index >= 15 is 0 Å². The van der Waals surface area contributed by atoms with Gasteiger partial charge < -0.3 is 20.6 Å². The van der Waals surface area contributed by atoms with E-state index in [9.17, 15) is 9.36 Å². The topological polar surface area (TPSA) is 121 Å². The number of hydrogen-bond donors (Lipinski definition) is 4. The molecule has 5 N–H and O–H groups in total. The highest BCUT2D eigenvalue weighted by molar-refractivity contribution is 7.51. The predicted octanol–water partition coefficient (Wildman–Crippen LogP) is 1.16. The molecule has 0 spiro atoms. The normalized spacial score (nSPS) is 15.5. The summed E-state index contributed by atoms with van der Waals surface area (Å²) in [7, 11) is -4.02. The highest BCUT2D eigenvalue weighted by atomic mass is 31.2. The van der Waals surface area contributed by atoms with Crippen LogP contribution in [0, 0.1) is 5.92 Å². The first-order valence-corrected chi connectivity index (χ1v) is 7.54. The van der Waals surface area contributed by atoms with Crippen molar-refractivity contribution in [3.8, 4) is 0 Å². The average Bonchev–Trinajstić information content (AvgIpc) is 2.12. The maximum absolute atomic E-state index is 10.9. The van der Waals surface area contributed by atoms with Crippen LogP contribution in [0.2, 0.25) is 0 Å². The molecule has 0 fully saturated rings. The predicted molar refractivity (Wildman–Crippen MR) is 64.8 cm³/mol. The molecule has 0 bridgehead atoms. The Morgan fingerprint density at radius 2 is 1.88 bits per heavy atom. The molecule has 0 saturated heterocycles. The Balaban J connectivity index is 3.86. The third-order valence-electron chi connectivity index (χ3n) is 2.68. The zero-order valence-electron chi connectivity index (χ0n) is 10.1. The van der Waals surface area contributed by atoms with Gasteiger partial charge in [-0.3, -0.25) is 9.36 Å². The van der Waals surface area contributed by atoms with Gasteiger partial charge in [-0.25, -0.2) is 0 Å². The molecule has 0 aliphatic rings. The molecule has 0 heterocycles. The Kier molecular flexibility index (Phi) is 7.63. The lowest BCUT2D eigenvalue weighted by Crippen LogP contribution is -2.29. The summed E-state index contributed by atoms with van der Waals surface area (Å²) in [5, 5.41) is 8.44. The molecular weight excluding hydrogens is 245 g/mol. The smallest absolute Gasteiger partial charge is 0.325 e. The Hall–Kier alpha value is -0.420. The van der Waals surface area contributed by atoms with Crippen LogP contribution in [0.3, 0.4) is 0 Å². The summed E-state index contributed by atoms with van der Waals surface area (Å²) in [5.41, 5.74) is 5.67. The van der Waals surface area contributed by atoms with Gasteiger partial charge in [0.2, 0.25) is 0 Å². The van der Waals surface area contributed by atoms with Crippen molar-refractivity contribution in [1.82, 2.24) is 0 Å². The van der Waals surface area contributed by atoms with E-state index in [0.29, 0.717) is 12.8 Å². The molecule has 0 aromatic heterocycles. The molecule has 0 aromatic rings. The highest BCUT2D eigenvalue weighted by Crippen LogP contribution is 2.38. The van der Waals surface area contributed by atoms with E-state index in [1.807, 2.05) is 0 Å². The van der Waals surface area contributed by atoms with Crippen molar-refractivity contribution >= 4 is 13.6 Å². The largest absolute Gasteiger partial charge is 0.481 e. The van der Waals surface area contributed by atoms with Crippen molar-refractivity contribution in [2.24, 2.45) is 11.7 Å². The third kappa shape index (κ3) is 10.5. The molecule has 2 atom stereocenters. The fraction of sp³-hybridized carbons (Fsp3) is 0.900. The number of carboxylic acids is 1. The molecular formula is C10H22NO5P. The second-order valence-corrected chi connectivity index (χ2v) is 6.15. The highest BCUT2D eigenvalue weighted by Gasteiger charge is 2.23. The van der Waals surface area contributed by atoms with E-state index in [2.05, 4.69) is 0 Å². The van der Waals surface area contributed by atoms with Gasteiger partial charge in [0, 0.05) is 12.5 Å². The standard InChI is InChI=1S/C10H22NO5P/c1-8(11)9(7-17(14,15)16)5-3-2-4-6-10(12)13/h8-9H,2-7,11H2,1H3,(H,12,13)(H2,14,15,16). The maximum Gasteiger partial charge on any atom is 0.325 e. The number of nitrogens with two attached hydrogens (primary N) is 1. The summed E-state index contributed by atoms with van der Waals surface area (Å²) in [6.07, 6.45) is 2.67. The van der Waals surface area contributed by atoms with E-state index in [4.69, 9.17) is 20.6 Å². The number of carbonyl (C=O) groups is 1. The molecule has 17 heavy (non-hydrogen) atoms. The Morgan fingerprint density at radius 3 is 2.29 bits per heavy atom. The van der Waals surface area contributed by atoms with Crippen LogP contribution in [0.5, 0.6) is 0 Å². The van der Waals surface area contributed by atoms with Crippen LogP contribution >= 0.6 is 7.60 Å². The van der Waals surface area contributed by atoms with Crippen LogP contribution in [-0.4, -0.2) is 33.1 Å². The summed E-state index contributed by atoms with van der Waals surface area (Å²) >= 11 is 0. The molecule has 0 saturated carbocycles. The SMILES string of the molecule is CC(N)C(CCCCCC(=O)O)CP(=O)(O)O. The van der Waals surface area contributed by atoms with Gasteiger partial charge in [-0.15, -0.1) is 0 Å². The van der Waals surface area contributed by atoms with E-state index < -0.39 is 13.6 Å². The molecule has 0 aromatic carbocycles. The molecule has 0 aliphatic heterocycles. The Bertz CT molecular complexity index is 276. The number of aliphatic carboxylic acids is 1. The summed E-state index contributed by atoms with van der Waals surface area (Å²) < 4.78 is 10.9. The second-order valence-electron chi connectivity index (χ2n) is 4.46. The lowest BCUT2D eigenvalue weighted by Gasteiger charge is -2.21. The quantitative estimate of drug-likeness (QED) is 0.367. The first kappa shape index (κ1) is 16.6. The van der Waals surface area contributed by atoms with Gasteiger partial charge in [-0.1, -0.05) is 12.8 Å². The molecule has 0 amide bonds.